The zero-order valence-corrected chi connectivity index (χ0v) is 7.50. The van der Waals surface area contributed by atoms with Gasteiger partial charge in [0.05, 0.1) is 0 Å². The highest BCUT2D eigenvalue weighted by Crippen LogP contribution is 2.15. The fraction of sp³-hybridized carbons (Fsp3) is 0. The van der Waals surface area contributed by atoms with Crippen LogP contribution >= 0.6 is 0 Å². The van der Waals surface area contributed by atoms with Crippen molar-refractivity contribution >= 4 is 0 Å². The van der Waals surface area contributed by atoms with Crippen molar-refractivity contribution in [2.75, 3.05) is 0 Å². The third-order valence-corrected chi connectivity index (χ3v) is 1.84. The Bertz CT molecular complexity index is 531. The monoisotopic (exact) mass is 208 g/mol. The lowest BCUT2D eigenvalue weighted by molar-refractivity contribution is 0.584. The van der Waals surface area contributed by atoms with E-state index < -0.39 is 17.2 Å². The molecule has 1 N–H and O–H groups in total. The molecule has 0 aliphatic carbocycles. The second-order valence-corrected chi connectivity index (χ2v) is 2.93. The molecule has 15 heavy (non-hydrogen) atoms. The molecule has 0 fully saturated rings. The number of nitrogens with zero attached hydrogens (tertiary/aromatic N) is 1. The molecule has 0 aliphatic rings. The van der Waals surface area contributed by atoms with Gasteiger partial charge in [-0.15, -0.1) is 0 Å². The van der Waals surface area contributed by atoms with Gasteiger partial charge >= 0.3 is 0 Å². The van der Waals surface area contributed by atoms with Crippen LogP contribution in [0.3, 0.4) is 0 Å². The van der Waals surface area contributed by atoms with Crippen molar-refractivity contribution in [3.05, 3.63) is 52.6 Å². The Morgan fingerprint density at radius 1 is 1.13 bits per heavy atom. The van der Waals surface area contributed by atoms with Crippen LogP contribution in [-0.4, -0.2) is 9.97 Å². The molecule has 2 aromatic rings. The molecule has 1 aromatic carbocycles. The second-order valence-electron chi connectivity index (χ2n) is 2.93. The molecule has 2 rings (SSSR count). The number of nitrogens with one attached hydrogen (secondary N) is 1. The lowest BCUT2D eigenvalue weighted by Gasteiger charge is -1.99. The fourth-order valence-corrected chi connectivity index (χ4v) is 1.25. The first kappa shape index (κ1) is 9.51. The number of aromatic amines is 1. The number of H-pyrrole nitrogens is 1. The molecular weight excluding hydrogens is 202 g/mol. The minimum atomic E-state index is -0.741. The van der Waals surface area contributed by atoms with Crippen molar-refractivity contribution in [2.24, 2.45) is 0 Å². The molecule has 0 amide bonds. The van der Waals surface area contributed by atoms with Gasteiger partial charge in [-0.2, -0.15) is 0 Å². The molecule has 0 atom stereocenters. The summed E-state index contributed by atoms with van der Waals surface area (Å²) in [4.78, 5) is 17.4. The summed E-state index contributed by atoms with van der Waals surface area (Å²) in [5.41, 5.74) is -0.368. The molecule has 0 saturated carbocycles. The second kappa shape index (κ2) is 3.61. The molecule has 5 heteroatoms. The Kier molecular flexibility index (Phi) is 2.29. The standard InChI is InChI=1S/C10H6F2N2O/c11-7-3-6(4-8(12)5-7)9-10(15)14-2-1-13-9/h1-5H,(H,14,15). The van der Waals surface area contributed by atoms with E-state index in [1.807, 2.05) is 0 Å². The lowest BCUT2D eigenvalue weighted by Crippen LogP contribution is -2.09. The van der Waals surface area contributed by atoms with Crippen LogP contribution in [0.25, 0.3) is 11.3 Å². The van der Waals surface area contributed by atoms with E-state index >= 15 is 0 Å². The lowest BCUT2D eigenvalue weighted by atomic mass is 10.1. The average Bonchev–Trinajstić information content (AvgIpc) is 2.16. The fourth-order valence-electron chi connectivity index (χ4n) is 1.25. The van der Waals surface area contributed by atoms with Gasteiger partial charge < -0.3 is 4.98 Å². The molecule has 76 valence electrons. The highest BCUT2D eigenvalue weighted by atomic mass is 19.1. The first-order valence-electron chi connectivity index (χ1n) is 4.17. The highest BCUT2D eigenvalue weighted by molar-refractivity contribution is 5.57. The normalized spacial score (nSPS) is 10.3. The molecule has 0 radical (unpaired) electrons. The molecule has 1 heterocycles. The molecule has 0 spiro atoms. The Hall–Kier alpha value is -2.04. The van der Waals surface area contributed by atoms with Crippen LogP contribution in [-0.2, 0) is 0 Å². The predicted octanol–water partition coefficient (Wildman–Crippen LogP) is 1.72. The summed E-state index contributed by atoms with van der Waals surface area (Å²) in [6.45, 7) is 0. The quantitative estimate of drug-likeness (QED) is 0.775. The van der Waals surface area contributed by atoms with Gasteiger partial charge in [0.15, 0.2) is 0 Å². The number of halogens is 2. The number of hydrogen-bond donors (Lipinski definition) is 1. The summed E-state index contributed by atoms with van der Waals surface area (Å²) in [6, 6.07) is 2.85. The summed E-state index contributed by atoms with van der Waals surface area (Å²) < 4.78 is 25.7. The average molecular weight is 208 g/mol. The molecule has 0 saturated heterocycles. The van der Waals surface area contributed by atoms with E-state index in [1.165, 1.54) is 12.4 Å². The van der Waals surface area contributed by atoms with Crippen LogP contribution in [0.15, 0.2) is 35.4 Å². The van der Waals surface area contributed by atoms with Gasteiger partial charge in [-0.05, 0) is 12.1 Å². The smallest absolute Gasteiger partial charge is 0.274 e. The summed E-state index contributed by atoms with van der Waals surface area (Å²) in [5, 5.41) is 0. The van der Waals surface area contributed by atoms with E-state index in [4.69, 9.17) is 0 Å². The summed E-state index contributed by atoms with van der Waals surface area (Å²) >= 11 is 0. The van der Waals surface area contributed by atoms with Gasteiger partial charge in [-0.1, -0.05) is 0 Å². The molecule has 0 aliphatic heterocycles. The summed E-state index contributed by atoms with van der Waals surface area (Å²) in [7, 11) is 0. The van der Waals surface area contributed by atoms with Gasteiger partial charge in [0.2, 0.25) is 0 Å². The van der Waals surface area contributed by atoms with Crippen molar-refractivity contribution in [2.45, 2.75) is 0 Å². The topological polar surface area (TPSA) is 45.8 Å². The zero-order valence-electron chi connectivity index (χ0n) is 7.50. The van der Waals surface area contributed by atoms with Crippen LogP contribution in [0.5, 0.6) is 0 Å². The SMILES string of the molecule is O=c1[nH]ccnc1-c1cc(F)cc(F)c1. The van der Waals surface area contributed by atoms with Crippen molar-refractivity contribution in [3.63, 3.8) is 0 Å². The van der Waals surface area contributed by atoms with Crippen molar-refractivity contribution in [1.82, 2.24) is 9.97 Å². The van der Waals surface area contributed by atoms with E-state index in [0.29, 0.717) is 0 Å². The minimum Gasteiger partial charge on any atom is -0.326 e. The van der Waals surface area contributed by atoms with Gasteiger partial charge in [-0.3, -0.25) is 4.79 Å². The number of aromatic nitrogens is 2. The molecular formula is C10H6F2N2O. The van der Waals surface area contributed by atoms with E-state index in [-0.39, 0.29) is 11.3 Å². The Morgan fingerprint density at radius 3 is 2.40 bits per heavy atom. The summed E-state index contributed by atoms with van der Waals surface area (Å²) in [6.07, 6.45) is 2.70. The van der Waals surface area contributed by atoms with Crippen LogP contribution in [0.2, 0.25) is 0 Å². The maximum Gasteiger partial charge on any atom is 0.274 e. The number of rotatable bonds is 1. The molecule has 0 bridgehead atoms. The first-order valence-corrected chi connectivity index (χ1v) is 4.17. The van der Waals surface area contributed by atoms with E-state index in [1.54, 1.807) is 0 Å². The Labute approximate surface area is 83.4 Å². The minimum absolute atomic E-state index is 0.00380. The van der Waals surface area contributed by atoms with Gasteiger partial charge in [-0.25, -0.2) is 13.8 Å². The number of hydrogen-bond acceptors (Lipinski definition) is 2. The largest absolute Gasteiger partial charge is 0.326 e. The summed E-state index contributed by atoms with van der Waals surface area (Å²) in [5.74, 6) is -1.48. The molecule has 3 nitrogen and oxygen atoms in total. The van der Waals surface area contributed by atoms with Crippen molar-refractivity contribution in [1.29, 1.82) is 0 Å². The van der Waals surface area contributed by atoms with Crippen LogP contribution in [0.1, 0.15) is 0 Å². The Morgan fingerprint density at radius 2 is 1.80 bits per heavy atom. The van der Waals surface area contributed by atoms with E-state index in [2.05, 4.69) is 9.97 Å². The maximum absolute atomic E-state index is 12.9. The highest BCUT2D eigenvalue weighted by Gasteiger charge is 2.07. The van der Waals surface area contributed by atoms with Crippen LogP contribution in [0, 0.1) is 11.6 Å². The molecule has 1 aromatic heterocycles. The maximum atomic E-state index is 12.9. The van der Waals surface area contributed by atoms with Crippen LogP contribution in [0.4, 0.5) is 8.78 Å². The van der Waals surface area contributed by atoms with Crippen molar-refractivity contribution < 1.29 is 8.78 Å². The third-order valence-electron chi connectivity index (χ3n) is 1.84. The molecule has 0 unspecified atom stereocenters. The zero-order chi connectivity index (χ0) is 10.8. The van der Waals surface area contributed by atoms with E-state index in [9.17, 15) is 13.6 Å². The predicted molar refractivity (Wildman–Crippen MR) is 50.2 cm³/mol. The van der Waals surface area contributed by atoms with Gasteiger partial charge in [0.25, 0.3) is 5.56 Å². The first-order chi connectivity index (χ1) is 7.16. The van der Waals surface area contributed by atoms with Crippen molar-refractivity contribution in [3.8, 4) is 11.3 Å². The number of benzene rings is 1. The van der Waals surface area contributed by atoms with E-state index in [0.717, 1.165) is 18.2 Å². The van der Waals surface area contributed by atoms with Crippen LogP contribution < -0.4 is 5.56 Å². The van der Waals surface area contributed by atoms with Gasteiger partial charge in [0.1, 0.15) is 17.3 Å². The Balaban J connectivity index is 2.64. The third kappa shape index (κ3) is 1.90. The van der Waals surface area contributed by atoms with Gasteiger partial charge in [0, 0.05) is 24.0 Å².